The number of hydrogen-bond acceptors (Lipinski definition) is 6. The minimum atomic E-state index is -1.03. The van der Waals surface area contributed by atoms with Gasteiger partial charge in [0.05, 0.1) is 22.8 Å². The van der Waals surface area contributed by atoms with Crippen LogP contribution < -0.4 is 0 Å². The van der Waals surface area contributed by atoms with Crippen molar-refractivity contribution in [2.24, 2.45) is 0 Å². The highest BCUT2D eigenvalue weighted by molar-refractivity contribution is 7.98. The van der Waals surface area contributed by atoms with Crippen molar-refractivity contribution >= 4 is 29.5 Å². The Morgan fingerprint density at radius 2 is 1.70 bits per heavy atom. The zero-order valence-corrected chi connectivity index (χ0v) is 15.4. The number of benzene rings is 2. The summed E-state index contributed by atoms with van der Waals surface area (Å²) in [5, 5.41) is 9.13. The standard InChI is InChI=1S/C20H16N2O4S/c1-27-12-17(20(25)26-11-14-7-3-2-6-13(14)10-21)22-18(23)15-8-4-5-9-16(15)19(22)24/h2-9,17H,11-12H2,1H3/t17-/m0/s1. The van der Waals surface area contributed by atoms with Crippen LogP contribution in [0.2, 0.25) is 0 Å². The van der Waals surface area contributed by atoms with E-state index in [0.29, 0.717) is 11.1 Å². The fourth-order valence-electron chi connectivity index (χ4n) is 2.90. The molecule has 6 nitrogen and oxygen atoms in total. The third-order valence-electron chi connectivity index (χ3n) is 4.24. The van der Waals surface area contributed by atoms with E-state index in [1.54, 1.807) is 54.8 Å². The SMILES string of the molecule is CSC[C@@H](C(=O)OCc1ccccc1C#N)N1C(=O)c2ccccc2C1=O. The van der Waals surface area contributed by atoms with Gasteiger partial charge in [-0.3, -0.25) is 14.5 Å². The number of hydrogen-bond donors (Lipinski definition) is 0. The number of amides is 2. The van der Waals surface area contributed by atoms with Crippen molar-refractivity contribution in [3.05, 3.63) is 70.8 Å². The van der Waals surface area contributed by atoms with Crippen LogP contribution in [0.4, 0.5) is 0 Å². The van der Waals surface area contributed by atoms with Gasteiger partial charge in [0, 0.05) is 11.3 Å². The Bertz CT molecular complexity index is 916. The summed E-state index contributed by atoms with van der Waals surface area (Å²) in [4.78, 5) is 38.9. The smallest absolute Gasteiger partial charge is 0.330 e. The first-order chi connectivity index (χ1) is 13.1. The Morgan fingerprint density at radius 3 is 2.30 bits per heavy atom. The maximum Gasteiger partial charge on any atom is 0.330 e. The van der Waals surface area contributed by atoms with Crippen LogP contribution in [0, 0.1) is 11.3 Å². The first-order valence-electron chi connectivity index (χ1n) is 8.19. The van der Waals surface area contributed by atoms with Crippen LogP contribution >= 0.6 is 11.8 Å². The molecule has 1 heterocycles. The maximum absolute atomic E-state index is 12.7. The Balaban J connectivity index is 1.80. The van der Waals surface area contributed by atoms with Crippen molar-refractivity contribution in [2.45, 2.75) is 12.6 Å². The average Bonchev–Trinajstić information content (AvgIpc) is 2.95. The van der Waals surface area contributed by atoms with Crippen molar-refractivity contribution in [2.75, 3.05) is 12.0 Å². The zero-order valence-electron chi connectivity index (χ0n) is 14.5. The van der Waals surface area contributed by atoms with Crippen molar-refractivity contribution in [1.29, 1.82) is 5.26 Å². The molecule has 3 rings (SSSR count). The molecule has 0 aromatic heterocycles. The summed E-state index contributed by atoms with van der Waals surface area (Å²) in [6, 6.07) is 14.3. The number of carbonyl (C=O) groups is 3. The van der Waals surface area contributed by atoms with Gasteiger partial charge in [-0.1, -0.05) is 30.3 Å². The topological polar surface area (TPSA) is 87.5 Å². The number of esters is 1. The third-order valence-corrected chi connectivity index (χ3v) is 4.89. The Labute approximate surface area is 160 Å². The lowest BCUT2D eigenvalue weighted by Crippen LogP contribution is -2.47. The number of ether oxygens (including phenoxy) is 1. The van der Waals surface area contributed by atoms with Gasteiger partial charge in [-0.2, -0.15) is 17.0 Å². The zero-order chi connectivity index (χ0) is 19.4. The molecular weight excluding hydrogens is 364 g/mol. The molecule has 0 unspecified atom stereocenters. The van der Waals surface area contributed by atoms with E-state index < -0.39 is 23.8 Å². The Hall–Kier alpha value is -3.11. The van der Waals surface area contributed by atoms with Crippen molar-refractivity contribution in [3.63, 3.8) is 0 Å². The van der Waals surface area contributed by atoms with Crippen LogP contribution in [0.1, 0.15) is 31.8 Å². The number of rotatable bonds is 6. The van der Waals surface area contributed by atoms with E-state index in [0.717, 1.165) is 4.90 Å². The number of imide groups is 1. The first-order valence-corrected chi connectivity index (χ1v) is 9.58. The molecule has 0 spiro atoms. The lowest BCUT2D eigenvalue weighted by atomic mass is 10.1. The second-order valence-electron chi connectivity index (χ2n) is 5.87. The van der Waals surface area contributed by atoms with Crippen molar-refractivity contribution < 1.29 is 19.1 Å². The van der Waals surface area contributed by atoms with Gasteiger partial charge in [-0.15, -0.1) is 0 Å². The van der Waals surface area contributed by atoms with Gasteiger partial charge in [0.2, 0.25) is 0 Å². The highest BCUT2D eigenvalue weighted by Crippen LogP contribution is 2.26. The van der Waals surface area contributed by atoms with E-state index in [9.17, 15) is 14.4 Å². The van der Waals surface area contributed by atoms with Gasteiger partial charge in [-0.25, -0.2) is 4.79 Å². The van der Waals surface area contributed by atoms with Crippen molar-refractivity contribution in [3.8, 4) is 6.07 Å². The molecule has 2 aromatic carbocycles. The predicted molar refractivity (Wildman–Crippen MR) is 100 cm³/mol. The molecule has 0 saturated carbocycles. The number of thioether (sulfide) groups is 1. The van der Waals surface area contributed by atoms with Crippen LogP contribution in [-0.2, 0) is 16.1 Å². The molecule has 136 valence electrons. The number of carbonyl (C=O) groups excluding carboxylic acids is 3. The summed E-state index contributed by atoms with van der Waals surface area (Å²) < 4.78 is 5.34. The second-order valence-corrected chi connectivity index (χ2v) is 6.78. The highest BCUT2D eigenvalue weighted by atomic mass is 32.2. The quantitative estimate of drug-likeness (QED) is 0.565. The monoisotopic (exact) mass is 380 g/mol. The Morgan fingerprint density at radius 1 is 1.11 bits per heavy atom. The van der Waals surface area contributed by atoms with Crippen LogP contribution in [0.25, 0.3) is 0 Å². The van der Waals surface area contributed by atoms with Crippen molar-refractivity contribution in [1.82, 2.24) is 4.90 Å². The number of fused-ring (bicyclic) bond motifs is 1. The minimum Gasteiger partial charge on any atom is -0.459 e. The first kappa shape index (κ1) is 18.7. The van der Waals surface area contributed by atoms with E-state index >= 15 is 0 Å². The normalized spacial score (nSPS) is 13.9. The summed E-state index contributed by atoms with van der Waals surface area (Å²) in [5.74, 6) is -1.44. The van der Waals surface area contributed by atoms with Gasteiger partial charge in [0.15, 0.2) is 0 Å². The number of nitrogens with zero attached hydrogens (tertiary/aromatic N) is 2. The molecule has 0 fully saturated rings. The molecule has 27 heavy (non-hydrogen) atoms. The van der Waals surface area contributed by atoms with Gasteiger partial charge < -0.3 is 4.74 Å². The molecular formula is C20H16N2O4S. The summed E-state index contributed by atoms with van der Waals surface area (Å²) >= 11 is 1.34. The molecule has 0 aliphatic carbocycles. The van der Waals surface area contributed by atoms with E-state index in [1.807, 2.05) is 6.07 Å². The molecule has 0 radical (unpaired) electrons. The third kappa shape index (κ3) is 3.57. The highest BCUT2D eigenvalue weighted by Gasteiger charge is 2.43. The number of nitriles is 1. The fraction of sp³-hybridized carbons (Fsp3) is 0.200. The second kappa shape index (κ2) is 8.06. The largest absolute Gasteiger partial charge is 0.459 e. The van der Waals surface area contributed by atoms with E-state index in [1.165, 1.54) is 11.8 Å². The van der Waals surface area contributed by atoms with Gasteiger partial charge in [-0.05, 0) is 24.5 Å². The molecule has 0 bridgehead atoms. The molecule has 1 atom stereocenters. The summed E-state index contributed by atoms with van der Waals surface area (Å²) in [7, 11) is 0. The lowest BCUT2D eigenvalue weighted by molar-refractivity contribution is -0.148. The lowest BCUT2D eigenvalue weighted by Gasteiger charge is -2.24. The van der Waals surface area contributed by atoms with Crippen LogP contribution in [0.5, 0.6) is 0 Å². The van der Waals surface area contributed by atoms with E-state index in [4.69, 9.17) is 10.00 Å². The molecule has 7 heteroatoms. The average molecular weight is 380 g/mol. The summed E-state index contributed by atoms with van der Waals surface area (Å²) in [6.07, 6.45) is 1.78. The predicted octanol–water partition coefficient (Wildman–Crippen LogP) is 2.63. The van der Waals surface area contributed by atoms with Crippen LogP contribution in [0.3, 0.4) is 0 Å². The van der Waals surface area contributed by atoms with Crippen LogP contribution in [0.15, 0.2) is 48.5 Å². The minimum absolute atomic E-state index is 0.101. The maximum atomic E-state index is 12.7. The molecule has 0 N–H and O–H groups in total. The van der Waals surface area contributed by atoms with Gasteiger partial charge >= 0.3 is 5.97 Å². The van der Waals surface area contributed by atoms with Gasteiger partial charge in [0.25, 0.3) is 11.8 Å². The summed E-state index contributed by atoms with van der Waals surface area (Å²) in [5.41, 5.74) is 1.55. The van der Waals surface area contributed by atoms with Crippen LogP contribution in [-0.4, -0.2) is 40.7 Å². The molecule has 1 aliphatic heterocycles. The van der Waals surface area contributed by atoms with E-state index in [-0.39, 0.29) is 23.5 Å². The van der Waals surface area contributed by atoms with Gasteiger partial charge in [0.1, 0.15) is 12.6 Å². The molecule has 2 aromatic rings. The molecule has 1 aliphatic rings. The Kier molecular flexibility index (Phi) is 5.57. The molecule has 2 amide bonds. The fourth-order valence-corrected chi connectivity index (χ4v) is 3.50. The van der Waals surface area contributed by atoms with E-state index in [2.05, 4.69) is 0 Å². The molecule has 0 saturated heterocycles. The summed E-state index contributed by atoms with van der Waals surface area (Å²) in [6.45, 7) is -0.101.